The summed E-state index contributed by atoms with van der Waals surface area (Å²) in [7, 11) is 1.90. The first kappa shape index (κ1) is 14.5. The Kier molecular flexibility index (Phi) is 4.34. The van der Waals surface area contributed by atoms with Gasteiger partial charge in [-0.2, -0.15) is 0 Å². The van der Waals surface area contributed by atoms with E-state index < -0.39 is 0 Å². The zero-order valence-electron chi connectivity index (χ0n) is 12.1. The van der Waals surface area contributed by atoms with Gasteiger partial charge in [0.15, 0.2) is 0 Å². The molecule has 0 aromatic carbocycles. The first-order valence-corrected chi connectivity index (χ1v) is 6.95. The summed E-state index contributed by atoms with van der Waals surface area (Å²) in [5, 5.41) is 19.3. The van der Waals surface area contributed by atoms with E-state index in [1.165, 1.54) is 0 Å². The van der Waals surface area contributed by atoms with Crippen molar-refractivity contribution < 1.29 is 0 Å². The maximum Gasteiger partial charge on any atom is 0.144 e. The fraction of sp³-hybridized carbons (Fsp3) is 0.500. The number of hydrogen-bond donors (Lipinski definition) is 4. The number of nitrogen functional groups attached to an aromatic ring is 1. The molecule has 20 heavy (non-hydrogen) atoms. The molecule has 0 radical (unpaired) electrons. The number of nitrogens with zero attached hydrogens (tertiary/aromatic N) is 2. The summed E-state index contributed by atoms with van der Waals surface area (Å²) in [4.78, 5) is 4.46. The first-order chi connectivity index (χ1) is 9.56. The van der Waals surface area contributed by atoms with E-state index in [9.17, 15) is 0 Å². The maximum atomic E-state index is 8.37. The zero-order valence-corrected chi connectivity index (χ0v) is 12.1. The lowest BCUT2D eigenvalue weighted by atomic mass is 10.1. The van der Waals surface area contributed by atoms with Crippen LogP contribution in [0.1, 0.15) is 37.0 Å². The van der Waals surface area contributed by atoms with Gasteiger partial charge in [0, 0.05) is 26.6 Å². The molecule has 0 saturated carbocycles. The Morgan fingerprint density at radius 1 is 1.50 bits per heavy atom. The van der Waals surface area contributed by atoms with Gasteiger partial charge in [-0.15, -0.1) is 0 Å². The van der Waals surface area contributed by atoms with Crippen molar-refractivity contribution in [3.05, 3.63) is 28.9 Å². The summed E-state index contributed by atoms with van der Waals surface area (Å²) >= 11 is 0. The molecule has 0 saturated heterocycles. The topological polar surface area (TPSA) is 104 Å². The highest BCUT2D eigenvalue weighted by atomic mass is 15.1. The van der Waals surface area contributed by atoms with Crippen LogP contribution in [-0.2, 0) is 13.5 Å². The van der Waals surface area contributed by atoms with E-state index in [2.05, 4.69) is 17.2 Å². The van der Waals surface area contributed by atoms with Crippen molar-refractivity contribution in [1.29, 1.82) is 10.8 Å². The quantitative estimate of drug-likeness (QED) is 0.458. The van der Waals surface area contributed by atoms with Crippen molar-refractivity contribution >= 4 is 11.5 Å². The molecule has 6 nitrogen and oxygen atoms in total. The largest absolute Gasteiger partial charge is 0.382 e. The van der Waals surface area contributed by atoms with Crippen LogP contribution in [-0.4, -0.2) is 34.2 Å². The fourth-order valence-corrected chi connectivity index (χ4v) is 2.39. The van der Waals surface area contributed by atoms with Gasteiger partial charge in [-0.25, -0.2) is 4.98 Å². The number of rotatable bonds is 6. The van der Waals surface area contributed by atoms with Crippen molar-refractivity contribution in [1.82, 2.24) is 14.9 Å². The smallest absolute Gasteiger partial charge is 0.144 e. The molecule has 108 valence electrons. The highest BCUT2D eigenvalue weighted by Crippen LogP contribution is 2.17. The average Bonchev–Trinajstić information content (AvgIpc) is 3.04. The molecule has 0 spiro atoms. The maximum absolute atomic E-state index is 8.37. The van der Waals surface area contributed by atoms with Crippen LogP contribution in [0, 0.1) is 10.8 Å². The molecule has 5 N–H and O–H groups in total. The Morgan fingerprint density at radius 2 is 2.25 bits per heavy atom. The number of imidazole rings is 1. The highest BCUT2D eigenvalue weighted by Gasteiger charge is 2.23. The minimum absolute atomic E-state index is 0.0744. The number of aromatic nitrogens is 2. The standard InChI is InChI=1S/C14H22N6/c1-3-4-5-10-19-12(14(16)17)13(20(10)2)11(15)9-6-7-18-8-9/h6,15,18H,3-5,7-8H2,1-2H3,(H3,16,17). The average molecular weight is 274 g/mol. The molecule has 1 aromatic heterocycles. The van der Waals surface area contributed by atoms with Crippen molar-refractivity contribution in [2.45, 2.75) is 26.2 Å². The molecule has 0 fully saturated rings. The third-order valence-corrected chi connectivity index (χ3v) is 3.56. The van der Waals surface area contributed by atoms with Gasteiger partial charge >= 0.3 is 0 Å². The molecule has 2 rings (SSSR count). The second kappa shape index (κ2) is 6.00. The molecule has 0 atom stereocenters. The predicted molar refractivity (Wildman–Crippen MR) is 80.6 cm³/mol. The van der Waals surface area contributed by atoms with Crippen LogP contribution in [0.2, 0.25) is 0 Å². The van der Waals surface area contributed by atoms with Gasteiger partial charge in [0.1, 0.15) is 17.4 Å². The van der Waals surface area contributed by atoms with E-state index in [4.69, 9.17) is 16.6 Å². The zero-order chi connectivity index (χ0) is 14.7. The Morgan fingerprint density at radius 3 is 2.80 bits per heavy atom. The van der Waals surface area contributed by atoms with Crippen LogP contribution in [0.5, 0.6) is 0 Å². The number of amidine groups is 1. The third kappa shape index (κ3) is 2.65. The second-order valence-electron chi connectivity index (χ2n) is 5.04. The summed E-state index contributed by atoms with van der Waals surface area (Å²) in [5.74, 6) is 0.818. The molecule has 0 unspecified atom stereocenters. The summed E-state index contributed by atoms with van der Waals surface area (Å²) in [6.45, 7) is 3.60. The van der Waals surface area contributed by atoms with Crippen LogP contribution < -0.4 is 11.1 Å². The van der Waals surface area contributed by atoms with Gasteiger partial charge in [0.25, 0.3) is 0 Å². The monoisotopic (exact) mass is 274 g/mol. The van der Waals surface area contributed by atoms with E-state index in [0.717, 1.165) is 37.2 Å². The van der Waals surface area contributed by atoms with Gasteiger partial charge in [0.2, 0.25) is 0 Å². The lowest BCUT2D eigenvalue weighted by Crippen LogP contribution is -2.21. The van der Waals surface area contributed by atoms with Crippen LogP contribution in [0.25, 0.3) is 0 Å². The molecule has 2 heterocycles. The van der Waals surface area contributed by atoms with Crippen LogP contribution in [0.15, 0.2) is 11.6 Å². The Bertz CT molecular complexity index is 566. The first-order valence-electron chi connectivity index (χ1n) is 6.95. The molecule has 0 aliphatic carbocycles. The van der Waals surface area contributed by atoms with E-state index in [0.29, 0.717) is 23.6 Å². The van der Waals surface area contributed by atoms with Gasteiger partial charge in [0.05, 0.1) is 11.4 Å². The molecule has 0 amide bonds. The van der Waals surface area contributed by atoms with Gasteiger partial charge in [-0.3, -0.25) is 10.8 Å². The van der Waals surface area contributed by atoms with Crippen molar-refractivity contribution in [2.24, 2.45) is 12.8 Å². The Balaban J connectivity index is 2.41. The molecular formula is C14H22N6. The number of hydrogen-bond acceptors (Lipinski definition) is 4. The van der Waals surface area contributed by atoms with Crippen molar-refractivity contribution in [3.8, 4) is 0 Å². The van der Waals surface area contributed by atoms with Crippen LogP contribution in [0.4, 0.5) is 0 Å². The van der Waals surface area contributed by atoms with Crippen LogP contribution in [0.3, 0.4) is 0 Å². The van der Waals surface area contributed by atoms with Crippen LogP contribution >= 0.6 is 0 Å². The SMILES string of the molecule is CCCCc1nc(C(=N)N)c(C(=N)C2=CCNC2)n1C. The predicted octanol–water partition coefficient (Wildman–Crippen LogP) is 0.944. The number of nitrogens with two attached hydrogens (primary N) is 1. The Hall–Kier alpha value is -1.95. The lowest BCUT2D eigenvalue weighted by molar-refractivity contribution is 0.709. The fourth-order valence-electron chi connectivity index (χ4n) is 2.39. The summed E-state index contributed by atoms with van der Waals surface area (Å²) < 4.78 is 1.91. The van der Waals surface area contributed by atoms with Gasteiger partial charge in [-0.1, -0.05) is 19.4 Å². The van der Waals surface area contributed by atoms with Gasteiger partial charge < -0.3 is 15.6 Å². The van der Waals surface area contributed by atoms with Gasteiger partial charge in [-0.05, 0) is 12.0 Å². The number of nitrogens with one attached hydrogen (secondary N) is 3. The molecule has 1 aliphatic rings. The number of aryl methyl sites for hydroxylation is 1. The summed E-state index contributed by atoms with van der Waals surface area (Å²) in [6.07, 6.45) is 4.98. The number of unbranched alkanes of at least 4 members (excludes halogenated alkanes) is 1. The summed E-state index contributed by atoms with van der Waals surface area (Å²) in [5.41, 5.74) is 8.07. The van der Waals surface area contributed by atoms with E-state index >= 15 is 0 Å². The lowest BCUT2D eigenvalue weighted by Gasteiger charge is -2.09. The van der Waals surface area contributed by atoms with E-state index in [-0.39, 0.29) is 5.84 Å². The minimum atomic E-state index is -0.0744. The molecule has 1 aromatic rings. The summed E-state index contributed by atoms with van der Waals surface area (Å²) in [6, 6.07) is 0. The molecule has 0 bridgehead atoms. The third-order valence-electron chi connectivity index (χ3n) is 3.56. The molecule has 6 heteroatoms. The Labute approximate surface area is 119 Å². The normalized spacial score (nSPS) is 14.4. The highest BCUT2D eigenvalue weighted by molar-refractivity contribution is 6.15. The van der Waals surface area contributed by atoms with Crippen molar-refractivity contribution in [3.63, 3.8) is 0 Å². The van der Waals surface area contributed by atoms with Crippen molar-refractivity contribution in [2.75, 3.05) is 13.1 Å². The molecular weight excluding hydrogens is 252 g/mol. The van der Waals surface area contributed by atoms with E-state index in [1.807, 2.05) is 17.7 Å². The minimum Gasteiger partial charge on any atom is -0.382 e. The molecule has 1 aliphatic heterocycles. The van der Waals surface area contributed by atoms with E-state index in [1.54, 1.807) is 0 Å². The second-order valence-corrected chi connectivity index (χ2v) is 5.04.